The van der Waals surface area contributed by atoms with E-state index in [1.54, 1.807) is 31.2 Å². The molecule has 0 saturated heterocycles. The highest BCUT2D eigenvalue weighted by Gasteiger charge is 2.33. The topological polar surface area (TPSA) is 87.0 Å². The average molecular weight is 455 g/mol. The number of rotatable bonds is 4. The minimum atomic E-state index is -0.599. The summed E-state index contributed by atoms with van der Waals surface area (Å²) >= 11 is 2.70. The molecular weight excluding hydrogens is 436 g/mol. The van der Waals surface area contributed by atoms with Crippen LogP contribution in [0.2, 0.25) is 0 Å². The van der Waals surface area contributed by atoms with E-state index in [1.165, 1.54) is 41.3 Å². The molecule has 1 aliphatic rings. The van der Waals surface area contributed by atoms with Gasteiger partial charge in [-0.1, -0.05) is 29.5 Å². The van der Waals surface area contributed by atoms with Crippen molar-refractivity contribution in [2.24, 2.45) is 4.99 Å². The van der Waals surface area contributed by atoms with E-state index in [0.29, 0.717) is 31.9 Å². The van der Waals surface area contributed by atoms with Crippen molar-refractivity contribution in [2.75, 3.05) is 7.11 Å². The largest absolute Gasteiger partial charge is 0.466 e. The van der Waals surface area contributed by atoms with Crippen molar-refractivity contribution in [1.82, 2.24) is 4.57 Å². The molecule has 0 unspecified atom stereocenters. The third-order valence-electron chi connectivity index (χ3n) is 4.66. The van der Waals surface area contributed by atoms with Gasteiger partial charge in [-0.05, 0) is 42.1 Å². The molecule has 158 valence electrons. The predicted octanol–water partition coefficient (Wildman–Crippen LogP) is 2.40. The molecule has 0 bridgehead atoms. The minimum absolute atomic E-state index is 0.256. The Balaban J connectivity index is 1.89. The maximum Gasteiger partial charge on any atom is 0.338 e. The number of ether oxygens (including phenoxy) is 2. The zero-order valence-corrected chi connectivity index (χ0v) is 18.6. The molecule has 9 heteroatoms. The van der Waals surface area contributed by atoms with E-state index in [2.05, 4.69) is 4.99 Å². The number of aromatic nitrogens is 1. The Morgan fingerprint density at radius 3 is 2.71 bits per heavy atom. The molecule has 31 heavy (non-hydrogen) atoms. The van der Waals surface area contributed by atoms with Crippen molar-refractivity contribution < 1.29 is 19.1 Å². The first-order chi connectivity index (χ1) is 14.9. The SMILES string of the molecule is COC(=O)C1=C(C)N=c2s/c(=C/c3cccc(OC(C)=O)c3)c(=O)n2[C@H]1c1cccs1. The van der Waals surface area contributed by atoms with Gasteiger partial charge in [-0.2, -0.15) is 0 Å². The van der Waals surface area contributed by atoms with Crippen molar-refractivity contribution in [3.05, 3.63) is 83.2 Å². The van der Waals surface area contributed by atoms with Gasteiger partial charge in [0.2, 0.25) is 0 Å². The molecule has 3 aromatic rings. The summed E-state index contributed by atoms with van der Waals surface area (Å²) in [6, 6.07) is 10.1. The summed E-state index contributed by atoms with van der Waals surface area (Å²) in [7, 11) is 1.31. The van der Waals surface area contributed by atoms with E-state index < -0.39 is 18.0 Å². The van der Waals surface area contributed by atoms with Crippen LogP contribution in [-0.2, 0) is 14.3 Å². The second kappa shape index (κ2) is 8.44. The van der Waals surface area contributed by atoms with Crippen LogP contribution in [0.15, 0.2) is 62.8 Å². The fourth-order valence-corrected chi connectivity index (χ4v) is 5.26. The number of carbonyl (C=O) groups excluding carboxylic acids is 2. The molecular formula is C22H18N2O5S2. The molecule has 0 aliphatic carbocycles. The maximum absolute atomic E-state index is 13.4. The lowest BCUT2D eigenvalue weighted by Gasteiger charge is -2.22. The summed E-state index contributed by atoms with van der Waals surface area (Å²) in [6.45, 7) is 3.07. The smallest absolute Gasteiger partial charge is 0.338 e. The van der Waals surface area contributed by atoms with Crippen molar-refractivity contribution in [3.8, 4) is 5.75 Å². The summed E-state index contributed by atoms with van der Waals surface area (Å²) in [4.78, 5) is 43.0. The van der Waals surface area contributed by atoms with Crippen LogP contribution in [0.25, 0.3) is 6.08 Å². The van der Waals surface area contributed by atoms with Gasteiger partial charge in [0.1, 0.15) is 11.8 Å². The summed E-state index contributed by atoms with van der Waals surface area (Å²) in [5.74, 6) is -0.532. The van der Waals surface area contributed by atoms with Gasteiger partial charge in [0, 0.05) is 11.8 Å². The number of fused-ring (bicyclic) bond motifs is 1. The lowest BCUT2D eigenvalue weighted by molar-refractivity contribution is -0.136. The number of nitrogens with zero attached hydrogens (tertiary/aromatic N) is 2. The first kappa shape index (κ1) is 21.0. The van der Waals surface area contributed by atoms with Crippen LogP contribution in [0.4, 0.5) is 0 Å². The van der Waals surface area contributed by atoms with Crippen molar-refractivity contribution in [2.45, 2.75) is 19.9 Å². The Morgan fingerprint density at radius 2 is 2.03 bits per heavy atom. The fourth-order valence-electron chi connectivity index (χ4n) is 3.39. The Labute approximate surface area is 185 Å². The third kappa shape index (κ3) is 4.01. The molecule has 0 radical (unpaired) electrons. The highest BCUT2D eigenvalue weighted by molar-refractivity contribution is 7.10. The lowest BCUT2D eigenvalue weighted by atomic mass is 10.0. The second-order valence-electron chi connectivity index (χ2n) is 6.75. The molecule has 2 aromatic heterocycles. The first-order valence-electron chi connectivity index (χ1n) is 9.32. The van der Waals surface area contributed by atoms with Gasteiger partial charge < -0.3 is 9.47 Å². The van der Waals surface area contributed by atoms with Gasteiger partial charge in [-0.3, -0.25) is 14.2 Å². The Bertz CT molecular complexity index is 1380. The van der Waals surface area contributed by atoms with Crippen molar-refractivity contribution in [3.63, 3.8) is 0 Å². The van der Waals surface area contributed by atoms with E-state index >= 15 is 0 Å². The number of hydrogen-bond acceptors (Lipinski definition) is 8. The monoisotopic (exact) mass is 454 g/mol. The van der Waals surface area contributed by atoms with Crippen LogP contribution < -0.4 is 19.6 Å². The van der Waals surface area contributed by atoms with Crippen LogP contribution in [-0.4, -0.2) is 23.6 Å². The van der Waals surface area contributed by atoms with Gasteiger partial charge >= 0.3 is 11.9 Å². The third-order valence-corrected chi connectivity index (χ3v) is 6.56. The van der Waals surface area contributed by atoms with Crippen LogP contribution in [0, 0.1) is 0 Å². The number of thiophene rings is 1. The van der Waals surface area contributed by atoms with Crippen LogP contribution in [0.3, 0.4) is 0 Å². The predicted molar refractivity (Wildman–Crippen MR) is 118 cm³/mol. The number of methoxy groups -OCH3 is 1. The highest BCUT2D eigenvalue weighted by atomic mass is 32.1. The van der Waals surface area contributed by atoms with Gasteiger partial charge in [-0.15, -0.1) is 11.3 Å². The Kier molecular flexibility index (Phi) is 5.71. The zero-order chi connectivity index (χ0) is 22.1. The van der Waals surface area contributed by atoms with E-state index in [4.69, 9.17) is 9.47 Å². The summed E-state index contributed by atoms with van der Waals surface area (Å²) in [6.07, 6.45) is 1.72. The van der Waals surface area contributed by atoms with E-state index in [9.17, 15) is 14.4 Å². The summed E-state index contributed by atoms with van der Waals surface area (Å²) in [5.41, 5.74) is 1.32. The summed E-state index contributed by atoms with van der Waals surface area (Å²) in [5, 5.41) is 1.90. The molecule has 1 aromatic carbocycles. The molecule has 0 amide bonds. The van der Waals surface area contributed by atoms with E-state index in [0.717, 1.165) is 4.88 Å². The Morgan fingerprint density at radius 1 is 1.23 bits per heavy atom. The van der Waals surface area contributed by atoms with Crippen LogP contribution >= 0.6 is 22.7 Å². The van der Waals surface area contributed by atoms with E-state index in [-0.39, 0.29) is 5.56 Å². The molecule has 1 aliphatic heterocycles. The molecule has 0 fully saturated rings. The Hall–Kier alpha value is -3.30. The molecule has 0 spiro atoms. The van der Waals surface area contributed by atoms with Crippen LogP contribution in [0.5, 0.6) is 5.75 Å². The first-order valence-corrected chi connectivity index (χ1v) is 11.0. The van der Waals surface area contributed by atoms with E-state index in [1.807, 2.05) is 23.6 Å². The normalized spacial score (nSPS) is 16.0. The second-order valence-corrected chi connectivity index (χ2v) is 8.74. The molecule has 0 N–H and O–H groups in total. The lowest BCUT2D eigenvalue weighted by Crippen LogP contribution is -2.39. The van der Waals surface area contributed by atoms with Gasteiger partial charge in [0.15, 0.2) is 4.80 Å². The summed E-state index contributed by atoms with van der Waals surface area (Å²) < 4.78 is 12.1. The highest BCUT2D eigenvalue weighted by Crippen LogP contribution is 2.32. The number of benzene rings is 1. The number of carbonyl (C=O) groups is 2. The van der Waals surface area contributed by atoms with Crippen molar-refractivity contribution in [1.29, 1.82) is 0 Å². The number of hydrogen-bond donors (Lipinski definition) is 0. The standard InChI is InChI=1S/C22H18N2O5S2/c1-12-18(21(27)28-3)19(16-8-5-9-30-16)24-20(26)17(31-22(24)23-12)11-14-6-4-7-15(10-14)29-13(2)25/h4-11,19H,1-3H3/b17-11+/t19-/m0/s1. The van der Waals surface area contributed by atoms with Gasteiger partial charge in [0.25, 0.3) is 5.56 Å². The van der Waals surface area contributed by atoms with Gasteiger partial charge in [0.05, 0.1) is 22.9 Å². The zero-order valence-electron chi connectivity index (χ0n) is 16.9. The number of thiazole rings is 1. The average Bonchev–Trinajstić information content (AvgIpc) is 3.35. The molecule has 1 atom stereocenters. The maximum atomic E-state index is 13.4. The quantitative estimate of drug-likeness (QED) is 0.446. The number of esters is 2. The molecule has 7 nitrogen and oxygen atoms in total. The van der Waals surface area contributed by atoms with Crippen LogP contribution in [0.1, 0.15) is 30.3 Å². The van der Waals surface area contributed by atoms with Crippen molar-refractivity contribution >= 4 is 40.7 Å². The fraction of sp³-hybridized carbons (Fsp3) is 0.182. The molecule has 4 rings (SSSR count). The number of allylic oxidation sites excluding steroid dienone is 1. The molecule has 3 heterocycles. The van der Waals surface area contributed by atoms with Gasteiger partial charge in [-0.25, -0.2) is 9.79 Å². The minimum Gasteiger partial charge on any atom is -0.466 e. The molecule has 0 saturated carbocycles.